The molecule has 2 heterocycles. The number of fused-ring (bicyclic) bond motifs is 5. The van der Waals surface area contributed by atoms with Crippen molar-refractivity contribution in [3.8, 4) is 33.4 Å². The SMILES string of the molecule is Cc1cccc(C)c1-c1cc(-c2ccc(C(C)(C)C)cc2Nc2ccc(C(C)(C)C)cc2)c2c(c1)N(c1ccc(C(C)(C)C)cc1-c1ccccc1)c1cc3c(cc1B2)oc1ccccc13. The largest absolute Gasteiger partial charge is 0.456 e. The van der Waals surface area contributed by atoms with Gasteiger partial charge >= 0.3 is 0 Å². The Morgan fingerprint density at radius 2 is 1.09 bits per heavy atom. The van der Waals surface area contributed by atoms with E-state index in [1.165, 1.54) is 83.5 Å². The number of rotatable bonds is 6. The molecule has 0 bridgehead atoms. The fourth-order valence-electron chi connectivity index (χ4n) is 10.0. The van der Waals surface area contributed by atoms with Crippen LogP contribution < -0.4 is 21.1 Å². The Kier molecular flexibility index (Phi) is 10.4. The molecule has 0 fully saturated rings. The Morgan fingerprint density at radius 1 is 0.455 bits per heavy atom. The molecule has 66 heavy (non-hydrogen) atoms. The maximum atomic E-state index is 6.64. The maximum absolute atomic E-state index is 6.64. The third kappa shape index (κ3) is 7.81. The van der Waals surface area contributed by atoms with Crippen LogP contribution in [0.1, 0.15) is 90.1 Å². The number of furan rings is 1. The average molecular weight is 861 g/mol. The van der Waals surface area contributed by atoms with Crippen molar-refractivity contribution in [2.45, 2.75) is 92.4 Å². The van der Waals surface area contributed by atoms with Gasteiger partial charge in [0.2, 0.25) is 0 Å². The first-order chi connectivity index (χ1) is 31.4. The summed E-state index contributed by atoms with van der Waals surface area (Å²) >= 11 is 0. The lowest BCUT2D eigenvalue weighted by Gasteiger charge is -2.37. The van der Waals surface area contributed by atoms with Gasteiger partial charge < -0.3 is 14.6 Å². The van der Waals surface area contributed by atoms with Gasteiger partial charge in [0.1, 0.15) is 11.2 Å². The normalized spacial score (nSPS) is 12.9. The summed E-state index contributed by atoms with van der Waals surface area (Å²) in [5.41, 5.74) is 23.6. The molecule has 9 aromatic rings. The van der Waals surface area contributed by atoms with Gasteiger partial charge in [0.15, 0.2) is 7.28 Å². The number of para-hydroxylation sites is 1. The van der Waals surface area contributed by atoms with Crippen molar-refractivity contribution in [3.63, 3.8) is 0 Å². The molecule has 0 amide bonds. The minimum absolute atomic E-state index is 0.0416. The first kappa shape index (κ1) is 43.1. The van der Waals surface area contributed by atoms with Crippen LogP contribution in [0.25, 0.3) is 55.3 Å². The van der Waals surface area contributed by atoms with E-state index in [-0.39, 0.29) is 16.2 Å². The second-order valence-electron chi connectivity index (χ2n) is 21.7. The molecule has 3 nitrogen and oxygen atoms in total. The molecule has 1 aliphatic heterocycles. The molecule has 0 saturated carbocycles. The molecule has 8 aromatic carbocycles. The molecular formula is C62H61BN2O. The summed E-state index contributed by atoms with van der Waals surface area (Å²) in [5.74, 6) is 0. The molecule has 1 aromatic heterocycles. The predicted molar refractivity (Wildman–Crippen MR) is 286 cm³/mol. The van der Waals surface area contributed by atoms with Crippen molar-refractivity contribution in [2.24, 2.45) is 0 Å². The first-order valence-corrected chi connectivity index (χ1v) is 23.6. The van der Waals surface area contributed by atoms with Crippen molar-refractivity contribution >= 4 is 68.6 Å². The molecule has 0 atom stereocenters. The van der Waals surface area contributed by atoms with Crippen molar-refractivity contribution in [1.29, 1.82) is 0 Å². The minimum atomic E-state index is -0.0503. The Bertz CT molecular complexity index is 3300. The van der Waals surface area contributed by atoms with Gasteiger partial charge in [0.05, 0.1) is 5.69 Å². The van der Waals surface area contributed by atoms with E-state index < -0.39 is 0 Å². The van der Waals surface area contributed by atoms with Gasteiger partial charge in [-0.05, 0) is 146 Å². The van der Waals surface area contributed by atoms with Crippen LogP contribution in [0.5, 0.6) is 0 Å². The van der Waals surface area contributed by atoms with E-state index in [0.29, 0.717) is 0 Å². The van der Waals surface area contributed by atoms with E-state index in [4.69, 9.17) is 4.42 Å². The maximum Gasteiger partial charge on any atom is 0.198 e. The number of benzene rings is 8. The zero-order valence-corrected chi connectivity index (χ0v) is 40.6. The Hall–Kier alpha value is -6.78. The summed E-state index contributed by atoms with van der Waals surface area (Å²) in [7, 11) is 0.734. The third-order valence-electron chi connectivity index (χ3n) is 13.8. The van der Waals surface area contributed by atoms with E-state index in [9.17, 15) is 0 Å². The van der Waals surface area contributed by atoms with Gasteiger partial charge in [-0.2, -0.15) is 0 Å². The second-order valence-corrected chi connectivity index (χ2v) is 21.7. The number of hydrogen-bond donors (Lipinski definition) is 1. The second kappa shape index (κ2) is 16.0. The van der Waals surface area contributed by atoms with Crippen LogP contribution >= 0.6 is 0 Å². The van der Waals surface area contributed by atoms with Crippen LogP contribution in [0.15, 0.2) is 162 Å². The lowest BCUT2D eigenvalue weighted by atomic mass is 9.57. The Morgan fingerprint density at radius 3 is 1.79 bits per heavy atom. The number of aryl methyl sites for hydroxylation is 2. The number of hydrogen-bond acceptors (Lipinski definition) is 3. The molecule has 0 spiro atoms. The van der Waals surface area contributed by atoms with Crippen LogP contribution in [-0.4, -0.2) is 7.28 Å². The number of anilines is 5. The van der Waals surface area contributed by atoms with Crippen LogP contribution in [0.4, 0.5) is 28.4 Å². The monoisotopic (exact) mass is 860 g/mol. The minimum Gasteiger partial charge on any atom is -0.456 e. The molecular weight excluding hydrogens is 800 g/mol. The molecule has 4 heteroatoms. The average Bonchev–Trinajstić information content (AvgIpc) is 3.64. The van der Waals surface area contributed by atoms with Gasteiger partial charge in [-0.3, -0.25) is 0 Å². The van der Waals surface area contributed by atoms with Gasteiger partial charge in [0.25, 0.3) is 0 Å². The third-order valence-corrected chi connectivity index (χ3v) is 13.8. The van der Waals surface area contributed by atoms with Crippen molar-refractivity contribution < 1.29 is 4.42 Å². The van der Waals surface area contributed by atoms with E-state index in [2.05, 4.69) is 244 Å². The Labute approximate surface area is 392 Å². The summed E-state index contributed by atoms with van der Waals surface area (Å²) in [4.78, 5) is 2.58. The summed E-state index contributed by atoms with van der Waals surface area (Å²) in [5, 5.41) is 6.23. The fraction of sp³-hybridized carbons (Fsp3) is 0.226. The molecule has 1 aliphatic rings. The lowest BCUT2D eigenvalue weighted by Crippen LogP contribution is -2.41. The first-order valence-electron chi connectivity index (χ1n) is 23.6. The molecule has 0 unspecified atom stereocenters. The van der Waals surface area contributed by atoms with Crippen LogP contribution in [0, 0.1) is 13.8 Å². The molecule has 0 radical (unpaired) electrons. The number of nitrogens with zero attached hydrogens (tertiary/aromatic N) is 1. The smallest absolute Gasteiger partial charge is 0.198 e. The van der Waals surface area contributed by atoms with Crippen molar-refractivity contribution in [3.05, 3.63) is 186 Å². The highest BCUT2D eigenvalue weighted by atomic mass is 16.3. The zero-order valence-electron chi connectivity index (χ0n) is 40.6. The summed E-state index contributed by atoms with van der Waals surface area (Å²) in [6.07, 6.45) is 0. The quantitative estimate of drug-likeness (QED) is 0.169. The standard InChI is InChI=1S/C62H61BN2O/c1-38-18-17-19-39(2)58(38)41-32-50(46-30-26-44(62(9,10)11)35-52(46)64-45-28-24-42(25-29-45)60(3,4)5)59-55(33-41)65(53-31-27-43(61(6,7)8)34-48(53)40-20-13-12-14-21-40)54-36-49-47-22-15-16-23-56(47)66-57(49)37-51(54)63-59/h12-37,63-64H,1-11H3. The predicted octanol–water partition coefficient (Wildman–Crippen LogP) is 16.0. The fourth-order valence-corrected chi connectivity index (χ4v) is 10.0. The Balaban J connectivity index is 1.30. The number of nitrogens with one attached hydrogen (secondary N) is 1. The molecule has 0 aliphatic carbocycles. The highest BCUT2D eigenvalue weighted by molar-refractivity contribution is 6.73. The summed E-state index contributed by atoms with van der Waals surface area (Å²) < 4.78 is 6.64. The van der Waals surface area contributed by atoms with Gasteiger partial charge in [-0.25, -0.2) is 0 Å². The van der Waals surface area contributed by atoms with Gasteiger partial charge in [0, 0.05) is 44.6 Å². The van der Waals surface area contributed by atoms with E-state index in [1.807, 2.05) is 0 Å². The molecule has 10 rings (SSSR count). The zero-order chi connectivity index (χ0) is 46.3. The van der Waals surface area contributed by atoms with Gasteiger partial charge in [-0.1, -0.05) is 165 Å². The van der Waals surface area contributed by atoms with Crippen LogP contribution in [0.2, 0.25) is 0 Å². The van der Waals surface area contributed by atoms with E-state index in [1.54, 1.807) is 0 Å². The topological polar surface area (TPSA) is 28.4 Å². The van der Waals surface area contributed by atoms with Gasteiger partial charge in [-0.15, -0.1) is 0 Å². The van der Waals surface area contributed by atoms with Crippen molar-refractivity contribution in [2.75, 3.05) is 10.2 Å². The highest BCUT2D eigenvalue weighted by Crippen LogP contribution is 2.48. The molecule has 1 N–H and O–H groups in total. The van der Waals surface area contributed by atoms with Crippen molar-refractivity contribution in [1.82, 2.24) is 0 Å². The molecule has 328 valence electrons. The van der Waals surface area contributed by atoms with Crippen LogP contribution in [0.3, 0.4) is 0 Å². The lowest BCUT2D eigenvalue weighted by molar-refractivity contribution is 0.590. The summed E-state index contributed by atoms with van der Waals surface area (Å²) in [6.45, 7) is 25.1. The van der Waals surface area contributed by atoms with Crippen LogP contribution in [-0.2, 0) is 16.2 Å². The summed E-state index contributed by atoms with van der Waals surface area (Å²) in [6, 6.07) is 59.0. The van der Waals surface area contributed by atoms with E-state index in [0.717, 1.165) is 46.3 Å². The highest BCUT2D eigenvalue weighted by Gasteiger charge is 2.33. The van der Waals surface area contributed by atoms with E-state index >= 15 is 0 Å². The molecule has 0 saturated heterocycles.